The lowest BCUT2D eigenvalue weighted by Crippen LogP contribution is -2.22. The minimum atomic E-state index is 0.875. The number of hydrogen-bond donors (Lipinski definition) is 0. The third-order valence-electron chi connectivity index (χ3n) is 4.73. The van der Waals surface area contributed by atoms with Crippen molar-refractivity contribution in [1.82, 2.24) is 19.7 Å². The summed E-state index contributed by atoms with van der Waals surface area (Å²) in [6, 6.07) is 13.1. The average Bonchev–Trinajstić information content (AvgIpc) is 3.03. The van der Waals surface area contributed by atoms with Gasteiger partial charge in [0.15, 0.2) is 0 Å². The Balaban J connectivity index is 1.79. The summed E-state index contributed by atoms with van der Waals surface area (Å²) in [6.07, 6.45) is 7.03. The van der Waals surface area contributed by atoms with Gasteiger partial charge in [0.25, 0.3) is 0 Å². The largest absolute Gasteiger partial charge is 0.290 e. The van der Waals surface area contributed by atoms with Gasteiger partial charge in [0.2, 0.25) is 0 Å². The standard InChI is InChI=1S/C22H28N4/c1-4-19-8-10-20(11-9-19)14-25(15-21-7-6-12-23-13-21)16-22-17-26(5-2)24-18(22)3/h6-13,17H,4-5,14-16H2,1-3H3. The zero-order valence-corrected chi connectivity index (χ0v) is 16.0. The molecule has 136 valence electrons. The van der Waals surface area contributed by atoms with Crippen LogP contribution in [0, 0.1) is 6.92 Å². The van der Waals surface area contributed by atoms with Crippen LogP contribution < -0.4 is 0 Å². The van der Waals surface area contributed by atoms with E-state index < -0.39 is 0 Å². The van der Waals surface area contributed by atoms with Crippen molar-refractivity contribution in [1.29, 1.82) is 0 Å². The lowest BCUT2D eigenvalue weighted by atomic mass is 10.1. The summed E-state index contributed by atoms with van der Waals surface area (Å²) < 4.78 is 2.02. The molecule has 2 heterocycles. The maximum absolute atomic E-state index is 4.60. The Morgan fingerprint density at radius 2 is 1.65 bits per heavy atom. The highest BCUT2D eigenvalue weighted by molar-refractivity contribution is 5.23. The number of hydrogen-bond acceptors (Lipinski definition) is 3. The Bertz CT molecular complexity index is 806. The van der Waals surface area contributed by atoms with E-state index in [9.17, 15) is 0 Å². The van der Waals surface area contributed by atoms with Crippen molar-refractivity contribution in [2.24, 2.45) is 0 Å². The second kappa shape index (κ2) is 8.77. The fourth-order valence-electron chi connectivity index (χ4n) is 3.17. The van der Waals surface area contributed by atoms with E-state index in [0.29, 0.717) is 0 Å². The first-order valence-electron chi connectivity index (χ1n) is 9.40. The van der Waals surface area contributed by atoms with E-state index in [1.807, 2.05) is 23.1 Å². The highest BCUT2D eigenvalue weighted by Gasteiger charge is 2.12. The summed E-state index contributed by atoms with van der Waals surface area (Å²) in [5.74, 6) is 0. The van der Waals surface area contributed by atoms with Crippen molar-refractivity contribution in [3.05, 3.63) is 82.9 Å². The van der Waals surface area contributed by atoms with Crippen LogP contribution in [0.1, 0.15) is 41.8 Å². The normalized spacial score (nSPS) is 11.2. The number of rotatable bonds is 8. The topological polar surface area (TPSA) is 34.0 Å². The lowest BCUT2D eigenvalue weighted by molar-refractivity contribution is 0.247. The maximum atomic E-state index is 4.60. The van der Waals surface area contributed by atoms with Gasteiger partial charge in [0.05, 0.1) is 5.69 Å². The lowest BCUT2D eigenvalue weighted by Gasteiger charge is -2.22. The fourth-order valence-corrected chi connectivity index (χ4v) is 3.17. The van der Waals surface area contributed by atoms with Crippen molar-refractivity contribution in [2.45, 2.75) is 53.4 Å². The molecule has 0 fully saturated rings. The third-order valence-corrected chi connectivity index (χ3v) is 4.73. The predicted molar refractivity (Wildman–Crippen MR) is 106 cm³/mol. The molecule has 0 aliphatic heterocycles. The summed E-state index contributed by atoms with van der Waals surface area (Å²) in [6.45, 7) is 9.99. The zero-order valence-electron chi connectivity index (χ0n) is 16.0. The molecule has 0 atom stereocenters. The van der Waals surface area contributed by atoms with E-state index in [1.54, 1.807) is 0 Å². The second-order valence-electron chi connectivity index (χ2n) is 6.77. The Labute approximate surface area is 156 Å². The quantitative estimate of drug-likeness (QED) is 0.606. The minimum absolute atomic E-state index is 0.875. The van der Waals surface area contributed by atoms with Gasteiger partial charge < -0.3 is 0 Å². The minimum Gasteiger partial charge on any atom is -0.290 e. The molecule has 0 N–H and O–H groups in total. The van der Waals surface area contributed by atoms with Crippen LogP contribution in [0.15, 0.2) is 55.0 Å². The van der Waals surface area contributed by atoms with Gasteiger partial charge in [-0.25, -0.2) is 0 Å². The summed E-state index contributed by atoms with van der Waals surface area (Å²) in [7, 11) is 0. The second-order valence-corrected chi connectivity index (χ2v) is 6.77. The van der Waals surface area contributed by atoms with Gasteiger partial charge in [-0.2, -0.15) is 5.10 Å². The Morgan fingerprint density at radius 1 is 0.923 bits per heavy atom. The number of pyridine rings is 1. The summed E-state index contributed by atoms with van der Waals surface area (Å²) in [5.41, 5.74) is 6.36. The molecule has 3 rings (SSSR count). The molecule has 2 aromatic heterocycles. The molecule has 1 aromatic carbocycles. The van der Waals surface area contributed by atoms with E-state index in [2.05, 4.69) is 72.3 Å². The smallest absolute Gasteiger partial charge is 0.0638 e. The number of aromatic nitrogens is 3. The molecule has 0 radical (unpaired) electrons. The van der Waals surface area contributed by atoms with Crippen LogP contribution in [-0.2, 0) is 32.6 Å². The molecular weight excluding hydrogens is 320 g/mol. The molecule has 0 bridgehead atoms. The van der Waals surface area contributed by atoms with Crippen molar-refractivity contribution in [2.75, 3.05) is 0 Å². The molecule has 0 saturated carbocycles. The van der Waals surface area contributed by atoms with E-state index in [0.717, 1.165) is 38.3 Å². The van der Waals surface area contributed by atoms with Crippen LogP contribution in [0.3, 0.4) is 0 Å². The van der Waals surface area contributed by atoms with Gasteiger partial charge >= 0.3 is 0 Å². The third kappa shape index (κ3) is 4.79. The highest BCUT2D eigenvalue weighted by atomic mass is 15.3. The van der Waals surface area contributed by atoms with Crippen molar-refractivity contribution < 1.29 is 0 Å². The van der Waals surface area contributed by atoms with Crippen LogP contribution in [0.2, 0.25) is 0 Å². The zero-order chi connectivity index (χ0) is 18.4. The van der Waals surface area contributed by atoms with E-state index in [-0.39, 0.29) is 0 Å². The van der Waals surface area contributed by atoms with Gasteiger partial charge in [0.1, 0.15) is 0 Å². The Kier molecular flexibility index (Phi) is 6.18. The van der Waals surface area contributed by atoms with Crippen LogP contribution in [0.25, 0.3) is 0 Å². The van der Waals surface area contributed by atoms with E-state index >= 15 is 0 Å². The van der Waals surface area contributed by atoms with Gasteiger partial charge in [-0.15, -0.1) is 0 Å². The first kappa shape index (κ1) is 18.3. The van der Waals surface area contributed by atoms with Crippen LogP contribution in [-0.4, -0.2) is 19.7 Å². The molecule has 0 spiro atoms. The van der Waals surface area contributed by atoms with Crippen LogP contribution in [0.4, 0.5) is 0 Å². The molecule has 3 aromatic rings. The molecule has 4 nitrogen and oxygen atoms in total. The van der Waals surface area contributed by atoms with Gasteiger partial charge in [-0.1, -0.05) is 37.3 Å². The van der Waals surface area contributed by atoms with Crippen molar-refractivity contribution >= 4 is 0 Å². The molecule has 0 unspecified atom stereocenters. The van der Waals surface area contributed by atoms with E-state index in [4.69, 9.17) is 0 Å². The molecule has 0 saturated heterocycles. The summed E-state index contributed by atoms with van der Waals surface area (Å²) in [5, 5.41) is 4.60. The summed E-state index contributed by atoms with van der Waals surface area (Å²) >= 11 is 0. The first-order chi connectivity index (χ1) is 12.7. The molecule has 26 heavy (non-hydrogen) atoms. The number of benzene rings is 1. The van der Waals surface area contributed by atoms with Crippen LogP contribution in [0.5, 0.6) is 0 Å². The molecular formula is C22H28N4. The molecule has 0 aliphatic carbocycles. The summed E-state index contributed by atoms with van der Waals surface area (Å²) in [4.78, 5) is 6.73. The number of nitrogens with zero attached hydrogens (tertiary/aromatic N) is 4. The Hall–Kier alpha value is -2.46. The van der Waals surface area contributed by atoms with Gasteiger partial charge in [-0.3, -0.25) is 14.6 Å². The van der Waals surface area contributed by atoms with Crippen molar-refractivity contribution in [3.8, 4) is 0 Å². The SMILES string of the molecule is CCc1ccc(CN(Cc2cccnc2)Cc2cn(CC)nc2C)cc1. The molecule has 0 amide bonds. The average molecular weight is 348 g/mol. The fraction of sp³-hybridized carbons (Fsp3) is 0.364. The monoisotopic (exact) mass is 348 g/mol. The van der Waals surface area contributed by atoms with Gasteiger partial charge in [0, 0.05) is 50.3 Å². The maximum Gasteiger partial charge on any atom is 0.0638 e. The predicted octanol–water partition coefficient (Wildman–Crippen LogP) is 4.37. The molecule has 0 aliphatic rings. The molecule has 4 heteroatoms. The first-order valence-corrected chi connectivity index (χ1v) is 9.40. The highest BCUT2D eigenvalue weighted by Crippen LogP contribution is 2.16. The van der Waals surface area contributed by atoms with Gasteiger partial charge in [-0.05, 0) is 43.0 Å². The van der Waals surface area contributed by atoms with E-state index in [1.165, 1.54) is 22.3 Å². The number of aryl methyl sites for hydroxylation is 3. The van der Waals surface area contributed by atoms with Crippen LogP contribution >= 0.6 is 0 Å². The Morgan fingerprint density at radius 3 is 2.27 bits per heavy atom. The van der Waals surface area contributed by atoms with Crippen molar-refractivity contribution in [3.63, 3.8) is 0 Å².